The topological polar surface area (TPSA) is 40.5 Å². The van der Waals surface area contributed by atoms with Gasteiger partial charge in [-0.25, -0.2) is 0 Å². The molecular formula is C21H36O2. The molecule has 1 rings (SSSR count). The summed E-state index contributed by atoms with van der Waals surface area (Å²) in [5, 5.41) is 19.4. The number of rotatable bonds is 13. The van der Waals surface area contributed by atoms with Gasteiger partial charge < -0.3 is 10.2 Å². The summed E-state index contributed by atoms with van der Waals surface area (Å²) in [5.41, 5.74) is 1.61. The number of aromatic hydroxyl groups is 2. The van der Waals surface area contributed by atoms with E-state index in [1.807, 2.05) is 0 Å². The van der Waals surface area contributed by atoms with E-state index in [2.05, 4.69) is 6.92 Å². The molecule has 0 aliphatic heterocycles. The Kier molecular flexibility index (Phi) is 10.6. The monoisotopic (exact) mass is 320 g/mol. The Morgan fingerprint density at radius 1 is 0.652 bits per heavy atom. The predicted molar refractivity (Wildman–Crippen MR) is 99.3 cm³/mol. The predicted octanol–water partition coefficient (Wildman–Crippen LogP) is 6.65. The highest BCUT2D eigenvalue weighted by molar-refractivity contribution is 5.45. The normalized spacial score (nSPS) is 11.0. The molecule has 0 aliphatic rings. The van der Waals surface area contributed by atoms with Gasteiger partial charge in [-0.05, 0) is 37.5 Å². The van der Waals surface area contributed by atoms with E-state index in [0.29, 0.717) is 5.56 Å². The first-order valence-corrected chi connectivity index (χ1v) is 9.66. The Labute approximate surface area is 142 Å². The molecule has 0 aliphatic carbocycles. The van der Waals surface area contributed by atoms with E-state index in [-0.39, 0.29) is 11.5 Å². The van der Waals surface area contributed by atoms with Crippen molar-refractivity contribution in [2.45, 2.75) is 97.3 Å². The zero-order valence-electron chi connectivity index (χ0n) is 15.2. The fraction of sp³-hybridized carbons (Fsp3) is 0.714. The van der Waals surface area contributed by atoms with Gasteiger partial charge in [0.2, 0.25) is 0 Å². The Morgan fingerprint density at radius 2 is 1.04 bits per heavy atom. The molecular weight excluding hydrogens is 284 g/mol. The molecule has 0 heterocycles. The van der Waals surface area contributed by atoms with Crippen LogP contribution in [0.25, 0.3) is 0 Å². The zero-order chi connectivity index (χ0) is 16.9. The summed E-state index contributed by atoms with van der Waals surface area (Å²) in [6.45, 7) is 4.00. The van der Waals surface area contributed by atoms with Crippen molar-refractivity contribution < 1.29 is 10.2 Å². The van der Waals surface area contributed by atoms with E-state index >= 15 is 0 Å². The van der Waals surface area contributed by atoms with E-state index in [9.17, 15) is 10.2 Å². The minimum Gasteiger partial charge on any atom is -0.508 e. The van der Waals surface area contributed by atoms with Crippen molar-refractivity contribution >= 4 is 0 Å². The minimum atomic E-state index is 0.207. The minimum absolute atomic E-state index is 0.207. The summed E-state index contributed by atoms with van der Waals surface area (Å²) in [4.78, 5) is 0. The number of hydrogen-bond donors (Lipinski definition) is 2. The van der Waals surface area contributed by atoms with E-state index < -0.39 is 0 Å². The quantitative estimate of drug-likeness (QED) is 0.399. The summed E-state index contributed by atoms with van der Waals surface area (Å²) < 4.78 is 0. The first kappa shape index (κ1) is 19.9. The summed E-state index contributed by atoms with van der Waals surface area (Å²) in [6.07, 6.45) is 17.1. The Bertz CT molecular complexity index is 403. The molecule has 0 spiro atoms. The lowest BCUT2D eigenvalue weighted by Gasteiger charge is -2.07. The molecule has 1 aromatic rings. The lowest BCUT2D eigenvalue weighted by Crippen LogP contribution is -1.88. The van der Waals surface area contributed by atoms with E-state index in [4.69, 9.17) is 0 Å². The van der Waals surface area contributed by atoms with Gasteiger partial charge >= 0.3 is 0 Å². The number of phenolic OH excluding ortho intramolecular Hbond substituents is 2. The molecule has 2 heteroatoms. The van der Waals surface area contributed by atoms with Crippen LogP contribution < -0.4 is 0 Å². The maximum atomic E-state index is 9.71. The van der Waals surface area contributed by atoms with Crippen molar-refractivity contribution in [1.29, 1.82) is 0 Å². The average Bonchev–Trinajstić information content (AvgIpc) is 2.53. The molecule has 0 radical (unpaired) electrons. The van der Waals surface area contributed by atoms with Crippen LogP contribution in [0.4, 0.5) is 0 Å². The van der Waals surface area contributed by atoms with Crippen molar-refractivity contribution in [3.8, 4) is 11.5 Å². The van der Waals surface area contributed by atoms with Crippen LogP contribution in [0.2, 0.25) is 0 Å². The molecule has 0 bridgehead atoms. The molecule has 2 nitrogen and oxygen atoms in total. The van der Waals surface area contributed by atoms with Crippen molar-refractivity contribution in [3.05, 3.63) is 23.3 Å². The molecule has 1 aromatic carbocycles. The second kappa shape index (κ2) is 12.3. The third kappa shape index (κ3) is 8.88. The highest BCUT2D eigenvalue weighted by atomic mass is 16.3. The van der Waals surface area contributed by atoms with Gasteiger partial charge in [-0.3, -0.25) is 0 Å². The molecule has 0 saturated heterocycles. The number of aryl methyl sites for hydroxylation is 1. The third-order valence-corrected chi connectivity index (χ3v) is 4.73. The Hall–Kier alpha value is -1.18. The van der Waals surface area contributed by atoms with Gasteiger partial charge in [0.15, 0.2) is 0 Å². The Morgan fingerprint density at radius 3 is 1.48 bits per heavy atom. The van der Waals surface area contributed by atoms with E-state index in [1.165, 1.54) is 70.6 Å². The van der Waals surface area contributed by atoms with Crippen LogP contribution in [-0.4, -0.2) is 10.2 Å². The summed E-state index contributed by atoms with van der Waals surface area (Å²) in [5.74, 6) is 0.415. The first-order chi connectivity index (χ1) is 11.1. The van der Waals surface area contributed by atoms with Crippen molar-refractivity contribution in [3.63, 3.8) is 0 Å². The highest BCUT2D eigenvalue weighted by Gasteiger charge is 2.05. The van der Waals surface area contributed by atoms with Crippen molar-refractivity contribution in [1.82, 2.24) is 0 Å². The zero-order valence-corrected chi connectivity index (χ0v) is 15.2. The first-order valence-electron chi connectivity index (χ1n) is 9.66. The average molecular weight is 321 g/mol. The molecule has 2 N–H and O–H groups in total. The van der Waals surface area contributed by atoms with Gasteiger partial charge in [0.25, 0.3) is 0 Å². The number of phenols is 2. The Balaban J connectivity index is 1.96. The molecule has 23 heavy (non-hydrogen) atoms. The molecule has 0 aromatic heterocycles. The largest absolute Gasteiger partial charge is 0.508 e. The van der Waals surface area contributed by atoms with Gasteiger partial charge in [0, 0.05) is 5.56 Å². The number of hydrogen-bond acceptors (Lipinski definition) is 2. The standard InChI is InChI=1S/C21H36O2/c1-3-4-5-6-7-8-9-10-11-12-13-14-15-19-16-20(22)18(2)21(23)17-19/h16-17,22-23H,3-15H2,1-2H3. The van der Waals surface area contributed by atoms with Crippen LogP contribution in [0.15, 0.2) is 12.1 Å². The lowest BCUT2D eigenvalue weighted by atomic mass is 10.0. The fourth-order valence-electron chi connectivity index (χ4n) is 3.06. The van der Waals surface area contributed by atoms with Crippen molar-refractivity contribution in [2.24, 2.45) is 0 Å². The number of unbranched alkanes of at least 4 members (excludes halogenated alkanes) is 11. The lowest BCUT2D eigenvalue weighted by molar-refractivity contribution is 0.441. The van der Waals surface area contributed by atoms with Crippen LogP contribution in [-0.2, 0) is 6.42 Å². The van der Waals surface area contributed by atoms with E-state index in [0.717, 1.165) is 18.4 Å². The summed E-state index contributed by atoms with van der Waals surface area (Å²) in [7, 11) is 0. The van der Waals surface area contributed by atoms with Crippen LogP contribution >= 0.6 is 0 Å². The smallest absolute Gasteiger partial charge is 0.122 e. The van der Waals surface area contributed by atoms with Gasteiger partial charge in [0.05, 0.1) is 0 Å². The molecule has 0 unspecified atom stereocenters. The van der Waals surface area contributed by atoms with Gasteiger partial charge in [-0.15, -0.1) is 0 Å². The second-order valence-corrected chi connectivity index (χ2v) is 6.90. The molecule has 132 valence electrons. The van der Waals surface area contributed by atoms with Crippen LogP contribution in [0.5, 0.6) is 11.5 Å². The molecule has 0 atom stereocenters. The molecule has 0 fully saturated rings. The van der Waals surface area contributed by atoms with E-state index in [1.54, 1.807) is 19.1 Å². The van der Waals surface area contributed by atoms with Gasteiger partial charge in [-0.1, -0.05) is 77.6 Å². The third-order valence-electron chi connectivity index (χ3n) is 4.73. The van der Waals surface area contributed by atoms with Crippen LogP contribution in [0.3, 0.4) is 0 Å². The van der Waals surface area contributed by atoms with Crippen molar-refractivity contribution in [2.75, 3.05) is 0 Å². The van der Waals surface area contributed by atoms with Crippen LogP contribution in [0, 0.1) is 6.92 Å². The number of benzene rings is 1. The molecule has 0 amide bonds. The fourth-order valence-corrected chi connectivity index (χ4v) is 3.06. The maximum absolute atomic E-state index is 9.71. The summed E-state index contributed by atoms with van der Waals surface area (Å²) in [6, 6.07) is 3.57. The molecule has 0 saturated carbocycles. The highest BCUT2D eigenvalue weighted by Crippen LogP contribution is 2.28. The maximum Gasteiger partial charge on any atom is 0.122 e. The SMILES string of the molecule is CCCCCCCCCCCCCCc1cc(O)c(C)c(O)c1. The second-order valence-electron chi connectivity index (χ2n) is 6.90. The van der Waals surface area contributed by atoms with Gasteiger partial charge in [0.1, 0.15) is 11.5 Å². The summed E-state index contributed by atoms with van der Waals surface area (Å²) >= 11 is 0. The van der Waals surface area contributed by atoms with Crippen LogP contribution in [0.1, 0.15) is 95.1 Å². The van der Waals surface area contributed by atoms with Gasteiger partial charge in [-0.2, -0.15) is 0 Å².